The summed E-state index contributed by atoms with van der Waals surface area (Å²) in [6.07, 6.45) is 5.47. The van der Waals surface area contributed by atoms with E-state index >= 15 is 0 Å². The summed E-state index contributed by atoms with van der Waals surface area (Å²) in [7, 11) is 2.21. The molecule has 0 spiro atoms. The Labute approximate surface area is 91.4 Å². The smallest absolute Gasteiger partial charge is 0.138 e. The molecule has 1 fully saturated rings. The van der Waals surface area contributed by atoms with Crippen molar-refractivity contribution in [3.05, 3.63) is 17.0 Å². The van der Waals surface area contributed by atoms with Crippen LogP contribution in [0.5, 0.6) is 0 Å². The Morgan fingerprint density at radius 2 is 2.00 bits per heavy atom. The summed E-state index contributed by atoms with van der Waals surface area (Å²) in [4.78, 5) is 2.44. The zero-order valence-corrected chi connectivity index (χ0v) is 9.92. The Kier molecular flexibility index (Phi) is 3.10. The van der Waals surface area contributed by atoms with Crippen molar-refractivity contribution < 1.29 is 4.52 Å². The Morgan fingerprint density at radius 3 is 2.53 bits per heavy atom. The van der Waals surface area contributed by atoms with Crippen LogP contribution in [0.4, 0.5) is 0 Å². The summed E-state index contributed by atoms with van der Waals surface area (Å²) >= 11 is 0. The van der Waals surface area contributed by atoms with Gasteiger partial charge in [0.15, 0.2) is 0 Å². The second kappa shape index (κ2) is 4.35. The van der Waals surface area contributed by atoms with Gasteiger partial charge >= 0.3 is 0 Å². The van der Waals surface area contributed by atoms with Gasteiger partial charge in [-0.05, 0) is 33.7 Å². The van der Waals surface area contributed by atoms with Gasteiger partial charge in [0.05, 0.1) is 5.69 Å². The van der Waals surface area contributed by atoms with Crippen LogP contribution in [-0.2, 0) is 6.54 Å². The maximum atomic E-state index is 5.18. The van der Waals surface area contributed by atoms with Crippen LogP contribution in [0, 0.1) is 13.8 Å². The lowest BCUT2D eigenvalue weighted by molar-refractivity contribution is 0.235. The molecule has 1 aromatic heterocycles. The van der Waals surface area contributed by atoms with E-state index in [0.29, 0.717) is 0 Å². The van der Waals surface area contributed by atoms with E-state index in [-0.39, 0.29) is 0 Å². The molecule has 84 valence electrons. The number of nitrogens with zero attached hydrogens (tertiary/aromatic N) is 2. The minimum Gasteiger partial charge on any atom is -0.361 e. The molecule has 15 heavy (non-hydrogen) atoms. The normalized spacial score (nSPS) is 17.9. The first-order valence-electron chi connectivity index (χ1n) is 5.80. The van der Waals surface area contributed by atoms with Crippen molar-refractivity contribution in [2.24, 2.45) is 0 Å². The molecule has 3 nitrogen and oxygen atoms in total. The van der Waals surface area contributed by atoms with E-state index in [9.17, 15) is 0 Å². The fourth-order valence-electron chi connectivity index (χ4n) is 2.45. The summed E-state index contributed by atoms with van der Waals surface area (Å²) in [5.41, 5.74) is 2.31. The number of hydrogen-bond donors (Lipinski definition) is 0. The molecular weight excluding hydrogens is 188 g/mol. The molecule has 1 aromatic rings. The van der Waals surface area contributed by atoms with Crippen LogP contribution >= 0.6 is 0 Å². The zero-order valence-electron chi connectivity index (χ0n) is 9.92. The minimum absolute atomic E-state index is 0.763. The highest BCUT2D eigenvalue weighted by molar-refractivity contribution is 5.20. The fourth-order valence-corrected chi connectivity index (χ4v) is 2.45. The molecule has 1 heterocycles. The van der Waals surface area contributed by atoms with E-state index < -0.39 is 0 Å². The highest BCUT2D eigenvalue weighted by atomic mass is 16.5. The van der Waals surface area contributed by atoms with Crippen molar-refractivity contribution >= 4 is 0 Å². The molecule has 0 radical (unpaired) electrons. The highest BCUT2D eigenvalue weighted by Gasteiger charge is 2.21. The molecular formula is C12H20N2O. The number of aryl methyl sites for hydroxylation is 2. The molecule has 2 rings (SSSR count). The molecule has 0 saturated heterocycles. The van der Waals surface area contributed by atoms with E-state index in [1.54, 1.807) is 0 Å². The van der Waals surface area contributed by atoms with Crippen molar-refractivity contribution in [3.63, 3.8) is 0 Å². The van der Waals surface area contributed by atoms with Crippen LogP contribution < -0.4 is 0 Å². The summed E-state index contributed by atoms with van der Waals surface area (Å²) in [6.45, 7) is 5.00. The predicted molar refractivity (Wildman–Crippen MR) is 59.7 cm³/mol. The molecule has 0 aliphatic heterocycles. The quantitative estimate of drug-likeness (QED) is 0.764. The van der Waals surface area contributed by atoms with Gasteiger partial charge in [0, 0.05) is 18.2 Å². The molecule has 1 aliphatic rings. The maximum absolute atomic E-state index is 5.18. The zero-order chi connectivity index (χ0) is 10.8. The van der Waals surface area contributed by atoms with Gasteiger partial charge in [-0.2, -0.15) is 0 Å². The van der Waals surface area contributed by atoms with Crippen molar-refractivity contribution in [3.8, 4) is 0 Å². The topological polar surface area (TPSA) is 29.3 Å². The second-order valence-corrected chi connectivity index (χ2v) is 4.66. The third-order valence-corrected chi connectivity index (χ3v) is 3.54. The second-order valence-electron chi connectivity index (χ2n) is 4.66. The average molecular weight is 208 g/mol. The van der Waals surface area contributed by atoms with Gasteiger partial charge in [0.25, 0.3) is 0 Å². The molecule has 0 bridgehead atoms. The third-order valence-electron chi connectivity index (χ3n) is 3.54. The van der Waals surface area contributed by atoms with Gasteiger partial charge in [-0.25, -0.2) is 0 Å². The van der Waals surface area contributed by atoms with Crippen molar-refractivity contribution in [2.75, 3.05) is 7.05 Å². The minimum atomic E-state index is 0.763. The van der Waals surface area contributed by atoms with E-state index in [4.69, 9.17) is 4.52 Å². The van der Waals surface area contributed by atoms with Gasteiger partial charge in [-0.15, -0.1) is 0 Å². The molecule has 0 atom stereocenters. The number of aromatic nitrogens is 1. The van der Waals surface area contributed by atoms with E-state index in [1.807, 2.05) is 13.8 Å². The van der Waals surface area contributed by atoms with Gasteiger partial charge in [-0.1, -0.05) is 18.0 Å². The molecule has 0 N–H and O–H groups in total. The van der Waals surface area contributed by atoms with Crippen molar-refractivity contribution in [1.82, 2.24) is 10.1 Å². The van der Waals surface area contributed by atoms with Crippen LogP contribution in [0.3, 0.4) is 0 Å². The fraction of sp³-hybridized carbons (Fsp3) is 0.750. The lowest BCUT2D eigenvalue weighted by atomic mass is 10.1. The van der Waals surface area contributed by atoms with Crippen LogP contribution in [-0.4, -0.2) is 23.1 Å². The number of rotatable bonds is 3. The van der Waals surface area contributed by atoms with Crippen LogP contribution in [0.15, 0.2) is 4.52 Å². The third kappa shape index (κ3) is 2.23. The molecule has 0 aromatic carbocycles. The largest absolute Gasteiger partial charge is 0.361 e. The van der Waals surface area contributed by atoms with E-state index in [1.165, 1.54) is 31.2 Å². The summed E-state index contributed by atoms with van der Waals surface area (Å²) < 4.78 is 5.18. The lowest BCUT2D eigenvalue weighted by Crippen LogP contribution is -2.28. The SMILES string of the molecule is Cc1noc(C)c1CN(C)C1CCCC1. The van der Waals surface area contributed by atoms with E-state index in [2.05, 4.69) is 17.1 Å². The van der Waals surface area contributed by atoms with Crippen LogP contribution in [0.2, 0.25) is 0 Å². The van der Waals surface area contributed by atoms with Gasteiger partial charge in [0.2, 0.25) is 0 Å². The molecule has 1 saturated carbocycles. The summed E-state index contributed by atoms with van der Waals surface area (Å²) in [5.74, 6) is 0.970. The lowest BCUT2D eigenvalue weighted by Gasteiger charge is -2.23. The van der Waals surface area contributed by atoms with Gasteiger partial charge < -0.3 is 4.52 Å². The standard InChI is InChI=1S/C12H20N2O/c1-9-12(10(2)15-13-9)8-14(3)11-6-4-5-7-11/h11H,4-8H2,1-3H3. The number of hydrogen-bond acceptors (Lipinski definition) is 3. The molecule has 0 unspecified atom stereocenters. The Balaban J connectivity index is 2.01. The van der Waals surface area contributed by atoms with Crippen LogP contribution in [0.1, 0.15) is 42.7 Å². The first-order chi connectivity index (χ1) is 7.18. The van der Waals surface area contributed by atoms with Crippen LogP contribution in [0.25, 0.3) is 0 Å². The molecule has 0 amide bonds. The molecule has 1 aliphatic carbocycles. The van der Waals surface area contributed by atoms with E-state index in [0.717, 1.165) is 24.0 Å². The first-order valence-corrected chi connectivity index (χ1v) is 5.80. The van der Waals surface area contributed by atoms with Gasteiger partial charge in [-0.3, -0.25) is 4.90 Å². The Bertz CT molecular complexity index is 307. The maximum Gasteiger partial charge on any atom is 0.138 e. The Morgan fingerprint density at radius 1 is 1.33 bits per heavy atom. The predicted octanol–water partition coefficient (Wildman–Crippen LogP) is 2.67. The highest BCUT2D eigenvalue weighted by Crippen LogP contribution is 2.24. The van der Waals surface area contributed by atoms with Gasteiger partial charge in [0.1, 0.15) is 5.76 Å². The summed E-state index contributed by atoms with van der Waals surface area (Å²) in [6, 6.07) is 0.763. The Hall–Kier alpha value is -0.830. The average Bonchev–Trinajstić information content (AvgIpc) is 2.82. The monoisotopic (exact) mass is 208 g/mol. The first kappa shape index (κ1) is 10.7. The van der Waals surface area contributed by atoms with Crippen molar-refractivity contribution in [2.45, 2.75) is 52.1 Å². The molecule has 3 heteroatoms. The van der Waals surface area contributed by atoms with Crippen molar-refractivity contribution in [1.29, 1.82) is 0 Å². The summed E-state index contributed by atoms with van der Waals surface area (Å²) in [5, 5.41) is 3.99.